The maximum atomic E-state index is 13.5. The Bertz CT molecular complexity index is 1240. The molecule has 0 unspecified atom stereocenters. The molecule has 8 nitrogen and oxygen atoms in total. The highest BCUT2D eigenvalue weighted by Crippen LogP contribution is 2.35. The monoisotopic (exact) mass is 529 g/mol. The Morgan fingerprint density at radius 3 is 2.42 bits per heavy atom. The number of alkyl halides is 3. The second kappa shape index (κ2) is 11.7. The van der Waals surface area contributed by atoms with Gasteiger partial charge in [-0.25, -0.2) is 9.97 Å². The Hall–Kier alpha value is -3.89. The van der Waals surface area contributed by atoms with Crippen molar-refractivity contribution in [1.82, 2.24) is 14.9 Å². The first-order chi connectivity index (χ1) is 18.1. The number of piperidine rings is 1. The first-order valence-corrected chi connectivity index (χ1v) is 12.6. The van der Waals surface area contributed by atoms with Crippen LogP contribution in [0.4, 0.5) is 24.7 Å². The van der Waals surface area contributed by atoms with Gasteiger partial charge in [0.25, 0.3) is 5.91 Å². The number of benzene rings is 1. The van der Waals surface area contributed by atoms with Crippen molar-refractivity contribution in [3.8, 4) is 11.5 Å². The molecule has 38 heavy (non-hydrogen) atoms. The summed E-state index contributed by atoms with van der Waals surface area (Å²) in [6.45, 7) is 5.55. The van der Waals surface area contributed by atoms with E-state index >= 15 is 0 Å². The number of amides is 2. The topological polar surface area (TPSA) is 100 Å². The number of pyridine rings is 1. The summed E-state index contributed by atoms with van der Waals surface area (Å²) in [6, 6.07) is 11.4. The maximum Gasteiger partial charge on any atom is 0.452 e. The Kier molecular flexibility index (Phi) is 8.33. The van der Waals surface area contributed by atoms with E-state index in [9.17, 15) is 22.8 Å². The van der Waals surface area contributed by atoms with Crippen LogP contribution >= 0.6 is 0 Å². The minimum Gasteiger partial charge on any atom is -0.431 e. The van der Waals surface area contributed by atoms with Crippen molar-refractivity contribution in [2.24, 2.45) is 5.92 Å². The van der Waals surface area contributed by atoms with Gasteiger partial charge in [0, 0.05) is 31.1 Å². The fourth-order valence-corrected chi connectivity index (χ4v) is 4.17. The molecule has 0 atom stereocenters. The fraction of sp³-hybridized carbons (Fsp3) is 0.407. The third kappa shape index (κ3) is 6.90. The molecule has 0 radical (unpaired) electrons. The van der Waals surface area contributed by atoms with Gasteiger partial charge in [0.2, 0.25) is 17.6 Å². The van der Waals surface area contributed by atoms with Gasteiger partial charge >= 0.3 is 6.18 Å². The number of carbonyl (C=O) groups is 2. The van der Waals surface area contributed by atoms with Crippen molar-refractivity contribution < 1.29 is 27.2 Å². The zero-order valence-electron chi connectivity index (χ0n) is 21.2. The number of halogens is 3. The third-order valence-corrected chi connectivity index (χ3v) is 6.28. The van der Waals surface area contributed by atoms with E-state index in [4.69, 9.17) is 4.42 Å². The molecule has 1 saturated heterocycles. The van der Waals surface area contributed by atoms with Gasteiger partial charge in [0.1, 0.15) is 5.82 Å². The molecule has 2 aromatic heterocycles. The van der Waals surface area contributed by atoms with E-state index in [0.717, 1.165) is 19.3 Å². The van der Waals surface area contributed by atoms with Crippen LogP contribution in [0.5, 0.6) is 0 Å². The minimum absolute atomic E-state index is 0.137. The smallest absolute Gasteiger partial charge is 0.431 e. The molecular formula is C27H30F3N5O3. The van der Waals surface area contributed by atoms with Crippen molar-refractivity contribution >= 4 is 23.3 Å². The molecule has 3 heterocycles. The van der Waals surface area contributed by atoms with Crippen molar-refractivity contribution in [3.05, 3.63) is 60.1 Å². The number of likely N-dealkylation sites (tertiary alicyclic amines) is 1. The molecule has 1 aromatic carbocycles. The molecule has 2 N–H and O–H groups in total. The number of nitrogens with zero attached hydrogens (tertiary/aromatic N) is 3. The van der Waals surface area contributed by atoms with Gasteiger partial charge in [-0.1, -0.05) is 32.0 Å². The second-order valence-corrected chi connectivity index (χ2v) is 9.68. The molecule has 202 valence electrons. The lowest BCUT2D eigenvalue weighted by atomic mass is 10.0. The van der Waals surface area contributed by atoms with E-state index in [1.165, 1.54) is 18.3 Å². The molecule has 0 saturated carbocycles. The molecule has 1 aliphatic heterocycles. The largest absolute Gasteiger partial charge is 0.452 e. The number of anilines is 2. The molecular weight excluding hydrogens is 499 g/mol. The summed E-state index contributed by atoms with van der Waals surface area (Å²) in [5.74, 6) is -1.57. The van der Waals surface area contributed by atoms with Crippen molar-refractivity contribution in [3.63, 3.8) is 0 Å². The molecule has 0 aliphatic carbocycles. The molecule has 0 spiro atoms. The molecule has 1 fully saturated rings. The highest BCUT2D eigenvalue weighted by molar-refractivity contribution is 6.04. The lowest BCUT2D eigenvalue weighted by Crippen LogP contribution is -2.42. The maximum absolute atomic E-state index is 13.5. The number of nitrogens with one attached hydrogen (secondary N) is 2. The zero-order valence-corrected chi connectivity index (χ0v) is 21.2. The first kappa shape index (κ1) is 27.2. The van der Waals surface area contributed by atoms with Crippen LogP contribution in [0, 0.1) is 5.92 Å². The van der Waals surface area contributed by atoms with Gasteiger partial charge in [-0.05, 0) is 49.4 Å². The van der Waals surface area contributed by atoms with E-state index in [2.05, 4.69) is 34.4 Å². The minimum atomic E-state index is -4.90. The van der Waals surface area contributed by atoms with Gasteiger partial charge in [-0.3, -0.25) is 9.59 Å². The summed E-state index contributed by atoms with van der Waals surface area (Å²) < 4.78 is 45.5. The van der Waals surface area contributed by atoms with Crippen LogP contribution < -0.4 is 10.6 Å². The van der Waals surface area contributed by atoms with Gasteiger partial charge in [0.15, 0.2) is 5.69 Å². The lowest BCUT2D eigenvalue weighted by molar-refractivity contribution is -0.153. The van der Waals surface area contributed by atoms with E-state index < -0.39 is 23.5 Å². The van der Waals surface area contributed by atoms with Crippen LogP contribution in [0.25, 0.3) is 11.5 Å². The van der Waals surface area contributed by atoms with Crippen LogP contribution in [0.3, 0.4) is 0 Å². The normalized spacial score (nSPS) is 14.5. The molecule has 11 heteroatoms. The Morgan fingerprint density at radius 2 is 1.82 bits per heavy atom. The Balaban J connectivity index is 1.35. The average Bonchev–Trinajstić information content (AvgIpc) is 3.36. The SMILES string of the molecule is CC(C)CCC(=O)N1CCC(Nc2ccc(NC(=O)c3nc(-c4ccccc4)oc3C(F)(F)F)cn2)CC1. The molecule has 1 aliphatic rings. The molecule has 4 rings (SSSR count). The summed E-state index contributed by atoms with van der Waals surface area (Å²) in [6.07, 6.45) is -0.528. The average molecular weight is 530 g/mol. The van der Waals surface area contributed by atoms with Gasteiger partial charge < -0.3 is 20.0 Å². The van der Waals surface area contributed by atoms with Crippen LogP contribution in [-0.4, -0.2) is 45.8 Å². The summed E-state index contributed by atoms with van der Waals surface area (Å²) in [5.41, 5.74) is -0.323. The molecule has 3 aromatic rings. The summed E-state index contributed by atoms with van der Waals surface area (Å²) in [4.78, 5) is 35.0. The van der Waals surface area contributed by atoms with Gasteiger partial charge in [-0.2, -0.15) is 13.2 Å². The van der Waals surface area contributed by atoms with Crippen molar-refractivity contribution in [2.75, 3.05) is 23.7 Å². The Labute approximate surface area is 218 Å². The molecule has 2 amide bonds. The van der Waals surface area contributed by atoms with Crippen molar-refractivity contribution in [2.45, 2.75) is 51.7 Å². The number of hydrogen-bond donors (Lipinski definition) is 2. The zero-order chi connectivity index (χ0) is 27.3. The van der Waals surface area contributed by atoms with E-state index in [-0.39, 0.29) is 23.5 Å². The lowest BCUT2D eigenvalue weighted by Gasteiger charge is -2.33. The van der Waals surface area contributed by atoms with Crippen LogP contribution in [0.15, 0.2) is 53.1 Å². The van der Waals surface area contributed by atoms with Gasteiger partial charge in [-0.15, -0.1) is 0 Å². The van der Waals surface area contributed by atoms with E-state index in [1.807, 2.05) is 4.90 Å². The fourth-order valence-electron chi connectivity index (χ4n) is 4.17. The highest BCUT2D eigenvalue weighted by atomic mass is 19.4. The molecule has 0 bridgehead atoms. The number of oxazole rings is 1. The summed E-state index contributed by atoms with van der Waals surface area (Å²) >= 11 is 0. The number of carbonyl (C=O) groups excluding carboxylic acids is 2. The van der Waals surface area contributed by atoms with E-state index in [1.54, 1.807) is 30.3 Å². The van der Waals surface area contributed by atoms with Crippen molar-refractivity contribution in [1.29, 1.82) is 0 Å². The first-order valence-electron chi connectivity index (χ1n) is 12.6. The number of aromatic nitrogens is 2. The highest BCUT2D eigenvalue weighted by Gasteiger charge is 2.42. The Morgan fingerprint density at radius 1 is 1.11 bits per heavy atom. The number of hydrogen-bond acceptors (Lipinski definition) is 6. The number of rotatable bonds is 8. The summed E-state index contributed by atoms with van der Waals surface area (Å²) in [7, 11) is 0. The predicted molar refractivity (Wildman–Crippen MR) is 136 cm³/mol. The standard InChI is InChI=1S/C27H30F3N5O3/c1-17(2)8-11-22(36)35-14-12-19(13-15-35)32-21-10-9-20(16-31-21)33-25(37)23-24(27(28,29)30)38-26(34-23)18-6-4-3-5-7-18/h3-7,9-10,16-17,19H,8,11-15H2,1-2H3,(H,31,32)(H,33,37). The quantitative estimate of drug-likeness (QED) is 0.380. The van der Waals surface area contributed by atoms with Crippen LogP contribution in [0.1, 0.15) is 55.8 Å². The predicted octanol–water partition coefficient (Wildman–Crippen LogP) is 5.85. The third-order valence-electron chi connectivity index (χ3n) is 6.28. The van der Waals surface area contributed by atoms with Crippen LogP contribution in [-0.2, 0) is 11.0 Å². The van der Waals surface area contributed by atoms with E-state index in [0.29, 0.717) is 36.8 Å². The summed E-state index contributed by atoms with van der Waals surface area (Å²) in [5, 5.41) is 5.72. The van der Waals surface area contributed by atoms with Gasteiger partial charge in [0.05, 0.1) is 11.9 Å². The second-order valence-electron chi connectivity index (χ2n) is 9.68. The van der Waals surface area contributed by atoms with Crippen LogP contribution in [0.2, 0.25) is 0 Å².